The van der Waals surface area contributed by atoms with Crippen LogP contribution in [0.5, 0.6) is 0 Å². The van der Waals surface area contributed by atoms with Crippen LogP contribution in [0.25, 0.3) is 33.3 Å². The zero-order valence-corrected chi connectivity index (χ0v) is 19.6. The summed E-state index contributed by atoms with van der Waals surface area (Å²) < 4.78 is 3.82. The summed E-state index contributed by atoms with van der Waals surface area (Å²) in [5, 5.41) is 23.3. The van der Waals surface area contributed by atoms with Gasteiger partial charge in [-0.1, -0.05) is 6.07 Å². The largest absolute Gasteiger partial charge is 0.377 e. The van der Waals surface area contributed by atoms with Gasteiger partial charge in [-0.3, -0.25) is 9.36 Å². The van der Waals surface area contributed by atoms with Gasteiger partial charge in [0.1, 0.15) is 11.3 Å². The molecule has 1 aliphatic heterocycles. The van der Waals surface area contributed by atoms with Crippen molar-refractivity contribution in [1.29, 1.82) is 0 Å². The smallest absolute Gasteiger partial charge is 0.260 e. The molecule has 4 aromatic heterocycles. The van der Waals surface area contributed by atoms with Crippen molar-refractivity contribution in [3.63, 3.8) is 0 Å². The van der Waals surface area contributed by atoms with E-state index in [0.717, 1.165) is 63.8 Å². The fourth-order valence-electron chi connectivity index (χ4n) is 4.99. The molecule has 1 aliphatic rings. The maximum Gasteiger partial charge on any atom is 0.260 e. The summed E-state index contributed by atoms with van der Waals surface area (Å²) in [7, 11) is 1.73. The summed E-state index contributed by atoms with van der Waals surface area (Å²) in [6.45, 7) is 7.60. The molecule has 0 bridgehead atoms. The second-order valence-corrected chi connectivity index (χ2v) is 9.01. The molecule has 0 fully saturated rings. The SMILES string of the molecule is Cc1cc(C(C)Nc2ccc(C)nc2-c2nnn(C)n2)c2c(c1)c(=O)n1c3c2cnn3CCC1. The van der Waals surface area contributed by atoms with Gasteiger partial charge in [-0.25, -0.2) is 9.67 Å². The first-order chi connectivity index (χ1) is 16.4. The molecular formula is C24H25N9O. The normalized spacial score (nSPS) is 14.1. The number of pyridine rings is 2. The lowest BCUT2D eigenvalue weighted by Crippen LogP contribution is -2.27. The van der Waals surface area contributed by atoms with Crippen molar-refractivity contribution in [3.05, 3.63) is 57.6 Å². The minimum absolute atomic E-state index is 0.0440. The first-order valence-corrected chi connectivity index (χ1v) is 11.4. The fourth-order valence-corrected chi connectivity index (χ4v) is 4.99. The number of aryl methyl sites for hydroxylation is 5. The second-order valence-electron chi connectivity index (χ2n) is 9.01. The van der Waals surface area contributed by atoms with E-state index in [-0.39, 0.29) is 11.6 Å². The van der Waals surface area contributed by atoms with Crippen LogP contribution >= 0.6 is 0 Å². The minimum atomic E-state index is -0.118. The van der Waals surface area contributed by atoms with Crippen LogP contribution < -0.4 is 10.9 Å². The summed E-state index contributed by atoms with van der Waals surface area (Å²) in [6, 6.07) is 7.96. The summed E-state index contributed by atoms with van der Waals surface area (Å²) in [4.78, 5) is 19.6. The highest BCUT2D eigenvalue weighted by atomic mass is 16.1. The van der Waals surface area contributed by atoms with Crippen molar-refractivity contribution < 1.29 is 0 Å². The van der Waals surface area contributed by atoms with Crippen molar-refractivity contribution in [2.75, 3.05) is 5.32 Å². The molecule has 5 aromatic rings. The van der Waals surface area contributed by atoms with Gasteiger partial charge in [0.15, 0.2) is 0 Å². The van der Waals surface area contributed by atoms with Crippen LogP contribution in [-0.4, -0.2) is 39.5 Å². The summed E-state index contributed by atoms with van der Waals surface area (Å²) in [5.41, 5.74) is 5.36. The van der Waals surface area contributed by atoms with Crippen LogP contribution in [0, 0.1) is 13.8 Å². The average molecular weight is 456 g/mol. The van der Waals surface area contributed by atoms with E-state index in [2.05, 4.69) is 43.8 Å². The van der Waals surface area contributed by atoms with Gasteiger partial charge in [-0.2, -0.15) is 9.90 Å². The Morgan fingerprint density at radius 2 is 1.97 bits per heavy atom. The number of hydrogen-bond donors (Lipinski definition) is 1. The molecule has 1 N–H and O–H groups in total. The molecule has 34 heavy (non-hydrogen) atoms. The zero-order chi connectivity index (χ0) is 23.6. The molecule has 1 aromatic carbocycles. The predicted molar refractivity (Wildman–Crippen MR) is 130 cm³/mol. The summed E-state index contributed by atoms with van der Waals surface area (Å²) in [6.07, 6.45) is 2.80. The van der Waals surface area contributed by atoms with E-state index in [1.165, 1.54) is 4.80 Å². The van der Waals surface area contributed by atoms with Crippen molar-refractivity contribution >= 4 is 27.5 Å². The lowest BCUT2D eigenvalue weighted by atomic mass is 9.95. The molecule has 0 aliphatic carbocycles. The standard InChI is InChI=1S/C24H25N9O/c1-13-10-16(15(3)27-19-7-6-14(2)26-21(19)22-28-30-31(4)29-22)20-17(11-13)24(34)32-8-5-9-33-23(32)18(20)12-25-33/h6-7,10-12,15,27H,5,8-9H2,1-4H3. The number of tetrazole rings is 1. The Hall–Kier alpha value is -4.08. The van der Waals surface area contributed by atoms with E-state index >= 15 is 0 Å². The molecule has 1 unspecified atom stereocenters. The van der Waals surface area contributed by atoms with Crippen LogP contribution in [0.2, 0.25) is 0 Å². The molecule has 10 nitrogen and oxygen atoms in total. The number of anilines is 1. The molecule has 1 atom stereocenters. The molecular weight excluding hydrogens is 430 g/mol. The first kappa shape index (κ1) is 20.5. The van der Waals surface area contributed by atoms with Crippen LogP contribution in [0.4, 0.5) is 5.69 Å². The van der Waals surface area contributed by atoms with Gasteiger partial charge in [-0.15, -0.1) is 10.2 Å². The van der Waals surface area contributed by atoms with E-state index in [4.69, 9.17) is 0 Å². The monoisotopic (exact) mass is 455 g/mol. The number of fused-ring (bicyclic) bond motifs is 2. The summed E-state index contributed by atoms with van der Waals surface area (Å²) >= 11 is 0. The Bertz CT molecular complexity index is 1640. The summed E-state index contributed by atoms with van der Waals surface area (Å²) in [5.74, 6) is 0.462. The average Bonchev–Trinajstić information content (AvgIpc) is 3.45. The lowest BCUT2D eigenvalue weighted by molar-refractivity contribution is 0.485. The second kappa shape index (κ2) is 7.47. The zero-order valence-electron chi connectivity index (χ0n) is 19.6. The minimum Gasteiger partial charge on any atom is -0.377 e. The van der Waals surface area contributed by atoms with Crippen molar-refractivity contribution in [2.45, 2.75) is 46.3 Å². The number of aromatic nitrogens is 8. The Morgan fingerprint density at radius 1 is 1.12 bits per heavy atom. The third-order valence-electron chi connectivity index (χ3n) is 6.47. The fraction of sp³-hybridized carbons (Fsp3) is 0.333. The number of rotatable bonds is 4. The van der Waals surface area contributed by atoms with Crippen molar-refractivity contribution in [1.82, 2.24) is 39.5 Å². The van der Waals surface area contributed by atoms with Gasteiger partial charge < -0.3 is 5.32 Å². The van der Waals surface area contributed by atoms with E-state index in [0.29, 0.717) is 11.5 Å². The number of nitrogens with one attached hydrogen (secondary N) is 1. The molecule has 5 heterocycles. The van der Waals surface area contributed by atoms with Gasteiger partial charge in [-0.05, 0) is 61.7 Å². The number of hydrogen-bond acceptors (Lipinski definition) is 7. The maximum atomic E-state index is 13.5. The van der Waals surface area contributed by atoms with Gasteiger partial charge in [0, 0.05) is 41.0 Å². The van der Waals surface area contributed by atoms with Crippen LogP contribution in [-0.2, 0) is 20.1 Å². The molecule has 172 valence electrons. The van der Waals surface area contributed by atoms with Gasteiger partial charge in [0.2, 0.25) is 5.82 Å². The first-order valence-electron chi connectivity index (χ1n) is 11.4. The van der Waals surface area contributed by atoms with E-state index in [1.54, 1.807) is 7.05 Å². The Balaban J connectivity index is 1.53. The third kappa shape index (κ3) is 3.09. The molecule has 0 radical (unpaired) electrons. The molecule has 0 spiro atoms. The predicted octanol–water partition coefficient (Wildman–Crippen LogP) is 3.13. The topological polar surface area (TPSA) is 108 Å². The van der Waals surface area contributed by atoms with Gasteiger partial charge >= 0.3 is 0 Å². The van der Waals surface area contributed by atoms with Crippen LogP contribution in [0.15, 0.2) is 35.3 Å². The van der Waals surface area contributed by atoms with Crippen LogP contribution in [0.1, 0.15) is 36.2 Å². The Labute approximate surface area is 195 Å². The molecule has 0 saturated carbocycles. The molecule has 10 heteroatoms. The van der Waals surface area contributed by atoms with E-state index in [1.807, 2.05) is 47.5 Å². The molecule has 0 amide bonds. The van der Waals surface area contributed by atoms with Crippen molar-refractivity contribution in [3.8, 4) is 11.5 Å². The van der Waals surface area contributed by atoms with Crippen LogP contribution in [0.3, 0.4) is 0 Å². The lowest BCUT2D eigenvalue weighted by Gasteiger charge is -2.22. The quantitative estimate of drug-likeness (QED) is 0.443. The van der Waals surface area contributed by atoms with Crippen molar-refractivity contribution in [2.24, 2.45) is 7.05 Å². The molecule has 6 rings (SSSR count). The highest BCUT2D eigenvalue weighted by Gasteiger charge is 2.23. The Morgan fingerprint density at radius 3 is 2.76 bits per heavy atom. The highest BCUT2D eigenvalue weighted by molar-refractivity contribution is 6.07. The number of benzene rings is 1. The van der Waals surface area contributed by atoms with E-state index < -0.39 is 0 Å². The third-order valence-corrected chi connectivity index (χ3v) is 6.47. The number of nitrogens with zero attached hydrogens (tertiary/aromatic N) is 8. The Kier molecular flexibility index (Phi) is 4.51. The van der Waals surface area contributed by atoms with E-state index in [9.17, 15) is 4.79 Å². The molecule has 0 saturated heterocycles. The van der Waals surface area contributed by atoms with Gasteiger partial charge in [0.25, 0.3) is 5.56 Å². The maximum absolute atomic E-state index is 13.5. The highest BCUT2D eigenvalue weighted by Crippen LogP contribution is 2.34. The van der Waals surface area contributed by atoms with Gasteiger partial charge in [0.05, 0.1) is 18.9 Å².